The van der Waals surface area contributed by atoms with Crippen LogP contribution in [0.1, 0.15) is 113 Å². The maximum absolute atomic E-state index is 12.9. The topological polar surface area (TPSA) is 171 Å². The van der Waals surface area contributed by atoms with E-state index in [0.717, 1.165) is 132 Å². The fourth-order valence-corrected chi connectivity index (χ4v) is 17.4. The zero-order valence-corrected chi connectivity index (χ0v) is 47.2. The molecule has 4 aliphatic heterocycles. The van der Waals surface area contributed by atoms with Crippen LogP contribution in [0.3, 0.4) is 0 Å². The second-order valence-corrected chi connectivity index (χ2v) is 26.0. The molecule has 8 aliphatic rings. The van der Waals surface area contributed by atoms with Crippen molar-refractivity contribution in [2.24, 2.45) is 10.8 Å². The summed E-state index contributed by atoms with van der Waals surface area (Å²) in [5.74, 6) is 1.95. The van der Waals surface area contributed by atoms with Gasteiger partial charge in [-0.1, -0.05) is 13.2 Å². The fourth-order valence-electron chi connectivity index (χ4n) is 15.0. The molecule has 410 valence electrons. The molecule has 78 heavy (non-hydrogen) atoms. The van der Waals surface area contributed by atoms with E-state index in [0.29, 0.717) is 76.5 Å². The molecule has 3 unspecified atom stereocenters. The highest BCUT2D eigenvalue weighted by atomic mass is 32.1. The van der Waals surface area contributed by atoms with Crippen molar-refractivity contribution >= 4 is 46.1 Å². The zero-order valence-electron chi connectivity index (χ0n) is 45.6. The number of amides is 2. The maximum atomic E-state index is 12.9. The molecular formula is C60H74N12O4S2. The zero-order chi connectivity index (χ0) is 53.7. The molecule has 0 N–H and O–H groups in total. The van der Waals surface area contributed by atoms with Gasteiger partial charge in [0.1, 0.15) is 24.8 Å². The van der Waals surface area contributed by atoms with Crippen LogP contribution in [0.2, 0.25) is 0 Å². The van der Waals surface area contributed by atoms with Gasteiger partial charge in [0.25, 0.3) is 0 Å². The Bertz CT molecular complexity index is 3050. The SMILES string of the molecule is C=CC(=O)N1CCN(c2nc(OCC3CC(c4csc5c4CC[C@@]4(CCc6c(nc(OCC7CCCN7C)nc6N6CCN(C(=O)C=C)[C@H](CC#N)C6)C4)C5)CN3C)nc3c2CC[C@]2(CCc4ccsc4C2)C3)C[C@H]1CC#N. The van der Waals surface area contributed by atoms with Gasteiger partial charge < -0.3 is 34.0 Å². The van der Waals surface area contributed by atoms with Gasteiger partial charge >= 0.3 is 12.0 Å². The second kappa shape index (κ2) is 22.0. The average molecular weight is 1090 g/mol. The number of likely N-dealkylation sites (tertiary alicyclic amines) is 2. The van der Waals surface area contributed by atoms with Crippen molar-refractivity contribution in [3.63, 3.8) is 0 Å². The Balaban J connectivity index is 0.749. The summed E-state index contributed by atoms with van der Waals surface area (Å²) in [6.45, 7) is 13.9. The number of ether oxygens (including phenoxy) is 2. The summed E-state index contributed by atoms with van der Waals surface area (Å²) < 4.78 is 13.3. The van der Waals surface area contributed by atoms with E-state index in [-0.39, 0.29) is 53.6 Å². The highest BCUT2D eigenvalue weighted by Gasteiger charge is 2.45. The summed E-state index contributed by atoms with van der Waals surface area (Å²) in [4.78, 5) is 62.7. The number of likely N-dealkylation sites (N-methyl/N-ethyl adjacent to an activating group) is 2. The molecule has 18 heteroatoms. The van der Waals surface area contributed by atoms with Gasteiger partial charge in [-0.2, -0.15) is 30.5 Å². The lowest BCUT2D eigenvalue weighted by Gasteiger charge is -2.44. The van der Waals surface area contributed by atoms with Crippen molar-refractivity contribution in [1.82, 2.24) is 39.5 Å². The number of anilines is 2. The van der Waals surface area contributed by atoms with Crippen molar-refractivity contribution in [2.75, 3.05) is 89.5 Å². The third-order valence-electron chi connectivity index (χ3n) is 19.5. The third kappa shape index (κ3) is 10.2. The van der Waals surface area contributed by atoms with Crippen LogP contribution < -0.4 is 19.3 Å². The van der Waals surface area contributed by atoms with Crippen LogP contribution in [0, 0.1) is 33.5 Å². The number of piperazine rings is 2. The Hall–Kier alpha value is -5.92. The number of aromatic nitrogens is 4. The molecule has 8 heterocycles. The first kappa shape index (κ1) is 52.8. The van der Waals surface area contributed by atoms with Crippen LogP contribution in [0.15, 0.2) is 42.1 Å². The molecule has 4 fully saturated rings. The summed E-state index contributed by atoms with van der Waals surface area (Å²) in [5, 5.41) is 24.3. The largest absolute Gasteiger partial charge is 0.462 e. The lowest BCUT2D eigenvalue weighted by molar-refractivity contribution is -0.129. The summed E-state index contributed by atoms with van der Waals surface area (Å²) >= 11 is 3.84. The summed E-state index contributed by atoms with van der Waals surface area (Å²) in [6, 6.07) is 7.86. The minimum absolute atomic E-state index is 0.0996. The number of carbonyl (C=O) groups excluding carboxylic acids is 2. The molecule has 4 aromatic heterocycles. The Morgan fingerprint density at radius 2 is 1.24 bits per heavy atom. The highest BCUT2D eigenvalue weighted by molar-refractivity contribution is 7.10. The van der Waals surface area contributed by atoms with Gasteiger partial charge in [-0.15, -0.1) is 22.7 Å². The average Bonchev–Trinajstić information content (AvgIpc) is 4.37. The van der Waals surface area contributed by atoms with E-state index in [1.807, 2.05) is 22.7 Å². The second-order valence-electron chi connectivity index (χ2n) is 24.0. The van der Waals surface area contributed by atoms with Gasteiger partial charge in [-0.3, -0.25) is 14.5 Å². The number of thiophene rings is 2. The standard InChI is InChI=1S/C60H74N12O4S2/c1-5-53(73)71-25-23-69(34-41(71)13-20-61)55-47-12-19-60(30-50(47)63-57(65-55)75-36-43-8-7-22-67(43)3)17-10-45-48(38-78-52(45)32-60)40-28-44(68(4)33-40)37-76-58-64-49-29-59(16-9-39-15-27-77-51(39)31-59)18-11-46(49)56(66-58)70-24-26-72(54(74)6-2)42(35-70)14-21-62/h5-6,15,27,38,40-44H,1-2,7-14,16-19,22-26,28-37H2,3-4H3/t40?,41-,42-,43?,44?,59-,60+/m1/s1. The van der Waals surface area contributed by atoms with Crippen molar-refractivity contribution in [3.8, 4) is 24.2 Å². The Kier molecular flexibility index (Phi) is 14.9. The number of hydrogen-bond acceptors (Lipinski definition) is 16. The Morgan fingerprint density at radius 1 is 0.679 bits per heavy atom. The van der Waals surface area contributed by atoms with Crippen LogP contribution >= 0.6 is 22.7 Å². The number of carbonyl (C=O) groups is 2. The summed E-state index contributed by atoms with van der Waals surface area (Å²) in [5.41, 5.74) is 9.42. The van der Waals surface area contributed by atoms with Crippen molar-refractivity contribution in [3.05, 3.63) is 91.1 Å². The van der Waals surface area contributed by atoms with Crippen molar-refractivity contribution in [1.29, 1.82) is 10.5 Å². The molecule has 16 nitrogen and oxygen atoms in total. The third-order valence-corrected chi connectivity index (χ3v) is 21.5. The summed E-state index contributed by atoms with van der Waals surface area (Å²) in [7, 11) is 4.40. The molecule has 2 amide bonds. The minimum atomic E-state index is -0.253. The minimum Gasteiger partial charge on any atom is -0.462 e. The van der Waals surface area contributed by atoms with E-state index in [1.54, 1.807) is 15.4 Å². The molecule has 12 rings (SSSR count). The monoisotopic (exact) mass is 1090 g/mol. The van der Waals surface area contributed by atoms with Crippen molar-refractivity contribution < 1.29 is 19.1 Å². The first-order chi connectivity index (χ1) is 37.9. The lowest BCUT2D eigenvalue weighted by atomic mass is 9.64. The summed E-state index contributed by atoms with van der Waals surface area (Å²) in [6.07, 6.45) is 18.8. The number of nitriles is 2. The van der Waals surface area contributed by atoms with Crippen LogP contribution in [0.25, 0.3) is 0 Å². The number of nitrogens with zero attached hydrogens (tertiary/aromatic N) is 12. The van der Waals surface area contributed by atoms with E-state index >= 15 is 0 Å². The predicted octanol–water partition coefficient (Wildman–Crippen LogP) is 7.29. The van der Waals surface area contributed by atoms with Crippen LogP contribution in [0.4, 0.5) is 11.6 Å². The number of rotatable bonds is 13. The van der Waals surface area contributed by atoms with Gasteiger partial charge in [0.15, 0.2) is 0 Å². The van der Waals surface area contributed by atoms with Gasteiger partial charge in [0.05, 0.1) is 48.5 Å². The molecule has 4 aliphatic carbocycles. The molecular weight excluding hydrogens is 1020 g/mol. The number of aryl methyl sites for hydroxylation is 1. The maximum Gasteiger partial charge on any atom is 0.318 e. The smallest absolute Gasteiger partial charge is 0.318 e. The van der Waals surface area contributed by atoms with Crippen LogP contribution in [-0.2, 0) is 61.0 Å². The van der Waals surface area contributed by atoms with Gasteiger partial charge in [-0.05, 0) is 179 Å². The van der Waals surface area contributed by atoms with E-state index in [1.165, 1.54) is 44.2 Å². The lowest BCUT2D eigenvalue weighted by Crippen LogP contribution is -2.55. The Morgan fingerprint density at radius 3 is 1.81 bits per heavy atom. The molecule has 7 atom stereocenters. The normalized spacial score (nSPS) is 27.9. The van der Waals surface area contributed by atoms with Gasteiger partial charge in [-0.25, -0.2) is 0 Å². The predicted molar refractivity (Wildman–Crippen MR) is 302 cm³/mol. The molecule has 0 aromatic carbocycles. The molecule has 0 radical (unpaired) electrons. The first-order valence-electron chi connectivity index (χ1n) is 28.7. The van der Waals surface area contributed by atoms with Crippen molar-refractivity contribution in [2.45, 2.75) is 139 Å². The van der Waals surface area contributed by atoms with Crippen LogP contribution in [-0.4, -0.2) is 155 Å². The van der Waals surface area contributed by atoms with Gasteiger partial charge in [0.2, 0.25) is 11.8 Å². The highest BCUT2D eigenvalue weighted by Crippen LogP contribution is 2.51. The van der Waals surface area contributed by atoms with Crippen LogP contribution in [0.5, 0.6) is 12.0 Å². The van der Waals surface area contributed by atoms with Gasteiger partial charge in [0, 0.05) is 78.8 Å². The number of hydrogen-bond donors (Lipinski definition) is 0. The molecule has 0 saturated carbocycles. The first-order valence-corrected chi connectivity index (χ1v) is 30.4. The van der Waals surface area contributed by atoms with E-state index in [4.69, 9.17) is 29.4 Å². The van der Waals surface area contributed by atoms with E-state index in [9.17, 15) is 20.1 Å². The molecule has 2 spiro atoms. The molecule has 0 bridgehead atoms. The van der Waals surface area contributed by atoms with E-state index < -0.39 is 0 Å². The Labute approximate surface area is 467 Å². The van der Waals surface area contributed by atoms with E-state index in [2.05, 4.69) is 75.8 Å². The quantitative estimate of drug-likeness (QED) is 0.122. The molecule has 4 saturated heterocycles. The molecule has 4 aromatic rings. The fraction of sp³-hybridized carbons (Fsp3) is 0.600. The number of fused-ring (bicyclic) bond motifs is 4.